The Morgan fingerprint density at radius 1 is 1.37 bits per heavy atom. The van der Waals surface area contributed by atoms with E-state index >= 15 is 0 Å². The molecule has 1 aromatic heterocycles. The van der Waals surface area contributed by atoms with Gasteiger partial charge in [-0.1, -0.05) is 0 Å². The molecule has 0 saturated carbocycles. The van der Waals surface area contributed by atoms with Gasteiger partial charge in [0.25, 0.3) is 5.91 Å². The van der Waals surface area contributed by atoms with Gasteiger partial charge in [0.2, 0.25) is 5.91 Å². The van der Waals surface area contributed by atoms with Crippen LogP contribution in [0.2, 0.25) is 0 Å². The maximum Gasteiger partial charge on any atom is 0.355 e. The van der Waals surface area contributed by atoms with Crippen LogP contribution in [0.5, 0.6) is 0 Å². The van der Waals surface area contributed by atoms with Crippen LogP contribution in [-0.4, -0.2) is 52.4 Å². The maximum absolute atomic E-state index is 11.7. The maximum atomic E-state index is 11.7. The fourth-order valence-electron chi connectivity index (χ4n) is 1.40. The van der Waals surface area contributed by atoms with Gasteiger partial charge < -0.3 is 15.3 Å². The molecule has 1 heterocycles. The summed E-state index contributed by atoms with van der Waals surface area (Å²) in [7, 11) is 0. The van der Waals surface area contributed by atoms with Crippen LogP contribution in [-0.2, 0) is 4.79 Å². The molecule has 0 aromatic carbocycles. The fraction of sp³-hybridized carbons (Fsp3) is 0.455. The molecule has 0 aliphatic heterocycles. The van der Waals surface area contributed by atoms with E-state index in [0.717, 1.165) is 11.3 Å². The standard InChI is InChI=1S/C11H15N3O4S/c1-3-14(4-2)8(15)5-12-9(16)10-13-7(6-19-10)11(17)18/h6H,3-5H2,1-2H3,(H,12,16)(H,17,18). The number of rotatable bonds is 6. The Morgan fingerprint density at radius 2 is 2.00 bits per heavy atom. The second kappa shape index (κ2) is 6.83. The number of amides is 2. The van der Waals surface area contributed by atoms with E-state index in [9.17, 15) is 14.4 Å². The smallest absolute Gasteiger partial charge is 0.355 e. The van der Waals surface area contributed by atoms with Gasteiger partial charge in [-0.3, -0.25) is 9.59 Å². The van der Waals surface area contributed by atoms with Crippen molar-refractivity contribution >= 4 is 29.1 Å². The van der Waals surface area contributed by atoms with Crippen LogP contribution >= 0.6 is 11.3 Å². The Morgan fingerprint density at radius 3 is 2.47 bits per heavy atom. The molecule has 0 aliphatic rings. The van der Waals surface area contributed by atoms with E-state index in [1.54, 1.807) is 4.90 Å². The topological polar surface area (TPSA) is 99.6 Å². The van der Waals surface area contributed by atoms with Gasteiger partial charge in [0.15, 0.2) is 10.7 Å². The van der Waals surface area contributed by atoms with E-state index in [4.69, 9.17) is 5.11 Å². The van der Waals surface area contributed by atoms with Crippen molar-refractivity contribution in [3.8, 4) is 0 Å². The van der Waals surface area contributed by atoms with E-state index in [1.807, 2.05) is 13.8 Å². The molecule has 1 aromatic rings. The summed E-state index contributed by atoms with van der Waals surface area (Å²) >= 11 is 0.929. The number of hydrogen-bond donors (Lipinski definition) is 2. The normalized spacial score (nSPS) is 10.0. The number of carboxylic acids is 1. The SMILES string of the molecule is CCN(CC)C(=O)CNC(=O)c1nc(C(=O)O)cs1. The van der Waals surface area contributed by atoms with Gasteiger partial charge in [-0.25, -0.2) is 9.78 Å². The lowest BCUT2D eigenvalue weighted by molar-refractivity contribution is -0.129. The lowest BCUT2D eigenvalue weighted by atomic mass is 10.4. The summed E-state index contributed by atoms with van der Waals surface area (Å²) in [5.74, 6) is -1.92. The number of carbonyl (C=O) groups is 3. The summed E-state index contributed by atoms with van der Waals surface area (Å²) in [6.07, 6.45) is 0. The van der Waals surface area contributed by atoms with Crippen LogP contribution < -0.4 is 5.32 Å². The van der Waals surface area contributed by atoms with Gasteiger partial charge >= 0.3 is 5.97 Å². The molecule has 0 spiro atoms. The molecule has 1 rings (SSSR count). The summed E-state index contributed by atoms with van der Waals surface area (Å²) in [5, 5.41) is 12.4. The summed E-state index contributed by atoms with van der Waals surface area (Å²) in [5.41, 5.74) is -0.176. The number of hydrogen-bond acceptors (Lipinski definition) is 5. The Balaban J connectivity index is 2.55. The Bertz CT molecular complexity index is 482. The molecule has 19 heavy (non-hydrogen) atoms. The molecule has 0 bridgehead atoms. The van der Waals surface area contributed by atoms with Crippen molar-refractivity contribution in [2.75, 3.05) is 19.6 Å². The monoisotopic (exact) mass is 285 g/mol. The van der Waals surface area contributed by atoms with Gasteiger partial charge in [0, 0.05) is 18.5 Å². The van der Waals surface area contributed by atoms with E-state index in [1.165, 1.54) is 5.38 Å². The van der Waals surface area contributed by atoms with Crippen molar-refractivity contribution in [1.82, 2.24) is 15.2 Å². The predicted octanol–water partition coefficient (Wildman–Crippen LogP) is 0.440. The zero-order valence-corrected chi connectivity index (χ0v) is 11.5. The third-order valence-corrected chi connectivity index (χ3v) is 3.27. The third-order valence-electron chi connectivity index (χ3n) is 2.43. The molecule has 0 saturated heterocycles. The van der Waals surface area contributed by atoms with Crippen LogP contribution in [0.25, 0.3) is 0 Å². The first kappa shape index (κ1) is 15.1. The molecule has 0 atom stereocenters. The highest BCUT2D eigenvalue weighted by Crippen LogP contribution is 2.09. The van der Waals surface area contributed by atoms with Crippen molar-refractivity contribution in [2.24, 2.45) is 0 Å². The number of thiazole rings is 1. The molecular weight excluding hydrogens is 270 g/mol. The molecule has 2 N–H and O–H groups in total. The summed E-state index contributed by atoms with van der Waals surface area (Å²) in [4.78, 5) is 39.2. The van der Waals surface area contributed by atoms with Crippen molar-refractivity contribution in [2.45, 2.75) is 13.8 Å². The summed E-state index contributed by atoms with van der Waals surface area (Å²) < 4.78 is 0. The Labute approximate surface area is 114 Å². The van der Waals surface area contributed by atoms with Crippen LogP contribution in [0.4, 0.5) is 0 Å². The van der Waals surface area contributed by atoms with E-state index in [-0.39, 0.29) is 23.2 Å². The van der Waals surface area contributed by atoms with E-state index in [0.29, 0.717) is 13.1 Å². The molecule has 0 unspecified atom stereocenters. The first-order chi connectivity index (χ1) is 8.99. The zero-order valence-electron chi connectivity index (χ0n) is 10.7. The highest BCUT2D eigenvalue weighted by atomic mass is 32.1. The highest BCUT2D eigenvalue weighted by molar-refractivity contribution is 7.11. The van der Waals surface area contributed by atoms with Crippen LogP contribution in [0, 0.1) is 0 Å². The van der Waals surface area contributed by atoms with Crippen molar-refractivity contribution in [1.29, 1.82) is 0 Å². The largest absolute Gasteiger partial charge is 0.476 e. The van der Waals surface area contributed by atoms with Crippen LogP contribution in [0.3, 0.4) is 0 Å². The first-order valence-electron chi connectivity index (χ1n) is 5.74. The molecule has 0 aliphatic carbocycles. The number of nitrogens with one attached hydrogen (secondary N) is 1. The van der Waals surface area contributed by atoms with Crippen LogP contribution in [0.15, 0.2) is 5.38 Å². The zero-order chi connectivity index (χ0) is 14.4. The average Bonchev–Trinajstić information content (AvgIpc) is 2.87. The third kappa shape index (κ3) is 4.02. The molecule has 7 nitrogen and oxygen atoms in total. The number of likely N-dealkylation sites (N-methyl/N-ethyl adjacent to an activating group) is 1. The molecule has 104 valence electrons. The predicted molar refractivity (Wildman–Crippen MR) is 69.3 cm³/mol. The Hall–Kier alpha value is -1.96. The number of aromatic carboxylic acids is 1. The second-order valence-corrected chi connectivity index (χ2v) is 4.45. The fourth-order valence-corrected chi connectivity index (χ4v) is 2.10. The second-order valence-electron chi connectivity index (χ2n) is 3.59. The van der Waals surface area contributed by atoms with Gasteiger partial charge in [0.05, 0.1) is 6.54 Å². The number of aromatic nitrogens is 1. The quantitative estimate of drug-likeness (QED) is 0.790. The van der Waals surface area contributed by atoms with Crippen molar-refractivity contribution < 1.29 is 19.5 Å². The van der Waals surface area contributed by atoms with Crippen molar-refractivity contribution in [3.63, 3.8) is 0 Å². The lowest BCUT2D eigenvalue weighted by Crippen LogP contribution is -2.40. The number of carboxylic acid groups (broad SMARTS) is 1. The summed E-state index contributed by atoms with van der Waals surface area (Å²) in [6, 6.07) is 0. The van der Waals surface area contributed by atoms with Gasteiger partial charge in [-0.15, -0.1) is 11.3 Å². The number of carbonyl (C=O) groups excluding carboxylic acids is 2. The molecule has 0 fully saturated rings. The first-order valence-corrected chi connectivity index (χ1v) is 6.62. The highest BCUT2D eigenvalue weighted by Gasteiger charge is 2.16. The number of nitrogens with zero attached hydrogens (tertiary/aromatic N) is 2. The minimum Gasteiger partial charge on any atom is -0.476 e. The molecule has 8 heteroatoms. The van der Waals surface area contributed by atoms with E-state index in [2.05, 4.69) is 10.3 Å². The van der Waals surface area contributed by atoms with E-state index < -0.39 is 11.9 Å². The molecule has 2 amide bonds. The molecule has 0 radical (unpaired) electrons. The Kier molecular flexibility index (Phi) is 5.43. The van der Waals surface area contributed by atoms with Gasteiger partial charge in [-0.05, 0) is 13.8 Å². The molecular formula is C11H15N3O4S. The summed E-state index contributed by atoms with van der Waals surface area (Å²) in [6.45, 7) is 4.73. The van der Waals surface area contributed by atoms with Gasteiger partial charge in [0.1, 0.15) is 0 Å². The minimum atomic E-state index is -1.19. The van der Waals surface area contributed by atoms with Crippen LogP contribution in [0.1, 0.15) is 34.1 Å². The van der Waals surface area contributed by atoms with Crippen molar-refractivity contribution in [3.05, 3.63) is 16.1 Å². The van der Waals surface area contributed by atoms with Gasteiger partial charge in [-0.2, -0.15) is 0 Å². The minimum absolute atomic E-state index is 0.0322. The lowest BCUT2D eigenvalue weighted by Gasteiger charge is -2.18. The average molecular weight is 285 g/mol.